The molecule has 3 amide bonds. The van der Waals surface area contributed by atoms with Crippen LogP contribution in [0.25, 0.3) is 0 Å². The topological polar surface area (TPSA) is 90.5 Å². The first-order valence-electron chi connectivity index (χ1n) is 9.80. The second kappa shape index (κ2) is 9.93. The van der Waals surface area contributed by atoms with E-state index in [9.17, 15) is 14.4 Å². The van der Waals surface area contributed by atoms with Gasteiger partial charge in [0.05, 0.1) is 0 Å². The fourth-order valence-electron chi connectivity index (χ4n) is 3.68. The number of anilines is 2. The van der Waals surface area contributed by atoms with Crippen molar-refractivity contribution >= 4 is 40.9 Å². The highest BCUT2D eigenvalue weighted by atomic mass is 32.2. The molecule has 1 aromatic carbocycles. The maximum atomic E-state index is 12.1. The van der Waals surface area contributed by atoms with Crippen molar-refractivity contribution in [1.29, 1.82) is 0 Å². The highest BCUT2D eigenvalue weighted by Gasteiger charge is 2.27. The molecule has 7 nitrogen and oxygen atoms in total. The molecule has 1 unspecified atom stereocenters. The first kappa shape index (κ1) is 20.7. The molecular formula is C20H28N4O3S. The summed E-state index contributed by atoms with van der Waals surface area (Å²) in [5.41, 5.74) is 1.15. The number of nitrogens with zero attached hydrogens (tertiary/aromatic N) is 1. The maximum Gasteiger partial charge on any atom is 0.313 e. The largest absolute Gasteiger partial charge is 0.348 e. The number of carbonyl (C=O) groups is 3. The number of rotatable bonds is 5. The lowest BCUT2D eigenvalue weighted by Crippen LogP contribution is -2.45. The molecule has 8 heteroatoms. The quantitative estimate of drug-likeness (QED) is 0.653. The van der Waals surface area contributed by atoms with E-state index in [1.165, 1.54) is 24.9 Å². The zero-order valence-electron chi connectivity index (χ0n) is 16.2. The number of likely N-dealkylation sites (tertiary alicyclic amines) is 1. The van der Waals surface area contributed by atoms with Gasteiger partial charge in [-0.1, -0.05) is 0 Å². The maximum absolute atomic E-state index is 12.1. The highest BCUT2D eigenvalue weighted by molar-refractivity contribution is 7.99. The van der Waals surface area contributed by atoms with Crippen LogP contribution < -0.4 is 16.0 Å². The number of carbonyl (C=O) groups excluding carboxylic acids is 3. The molecule has 3 rings (SSSR count). The number of benzene rings is 1. The molecule has 0 radical (unpaired) electrons. The average Bonchev–Trinajstić information content (AvgIpc) is 3.22. The molecule has 28 heavy (non-hydrogen) atoms. The van der Waals surface area contributed by atoms with Crippen LogP contribution in [0.5, 0.6) is 0 Å². The van der Waals surface area contributed by atoms with Crippen LogP contribution in [-0.2, 0) is 14.4 Å². The predicted octanol–water partition coefficient (Wildman–Crippen LogP) is 1.92. The van der Waals surface area contributed by atoms with E-state index in [0.29, 0.717) is 23.8 Å². The molecule has 2 fully saturated rings. The van der Waals surface area contributed by atoms with Gasteiger partial charge in [-0.15, -0.1) is 0 Å². The highest BCUT2D eigenvalue weighted by Crippen LogP contribution is 2.26. The van der Waals surface area contributed by atoms with Gasteiger partial charge in [-0.25, -0.2) is 0 Å². The SMILES string of the molecule is CC(=O)Nc1ccc(NC(=O)C(=O)NCC2CCN(C3CCSC3)CC2)cc1. The van der Waals surface area contributed by atoms with E-state index < -0.39 is 11.8 Å². The van der Waals surface area contributed by atoms with Crippen LogP contribution >= 0.6 is 11.8 Å². The second-order valence-corrected chi connectivity index (χ2v) is 8.57. The molecule has 152 valence electrons. The molecule has 0 saturated carbocycles. The standard InChI is InChI=1S/C20H28N4O3S/c1-14(25)22-16-2-4-17(5-3-16)23-20(27)19(26)21-12-15-6-9-24(10-7-15)18-8-11-28-13-18/h2-5,15,18H,6-13H2,1H3,(H,21,26)(H,22,25)(H,23,27). The summed E-state index contributed by atoms with van der Waals surface area (Å²) in [5, 5.41) is 7.99. The van der Waals surface area contributed by atoms with Crippen LogP contribution in [0.2, 0.25) is 0 Å². The monoisotopic (exact) mass is 404 g/mol. The first-order chi connectivity index (χ1) is 13.5. The van der Waals surface area contributed by atoms with Crippen LogP contribution in [-0.4, -0.2) is 59.8 Å². The normalized spacial score (nSPS) is 20.5. The smallest absolute Gasteiger partial charge is 0.313 e. The Labute approximate surface area is 170 Å². The summed E-state index contributed by atoms with van der Waals surface area (Å²) in [6.45, 7) is 4.13. The molecule has 3 N–H and O–H groups in total. The van der Waals surface area contributed by atoms with Gasteiger partial charge in [-0.3, -0.25) is 19.3 Å². The van der Waals surface area contributed by atoms with E-state index >= 15 is 0 Å². The van der Waals surface area contributed by atoms with Crippen molar-refractivity contribution in [1.82, 2.24) is 10.2 Å². The third-order valence-electron chi connectivity index (χ3n) is 5.29. The van der Waals surface area contributed by atoms with Crippen LogP contribution in [0.4, 0.5) is 11.4 Å². The molecule has 1 atom stereocenters. The van der Waals surface area contributed by atoms with Crippen LogP contribution in [0.15, 0.2) is 24.3 Å². The van der Waals surface area contributed by atoms with Crippen molar-refractivity contribution in [3.63, 3.8) is 0 Å². The lowest BCUT2D eigenvalue weighted by Gasteiger charge is -2.35. The zero-order chi connectivity index (χ0) is 19.9. The Morgan fingerprint density at radius 1 is 1.00 bits per heavy atom. The first-order valence-corrected chi connectivity index (χ1v) is 11.0. The summed E-state index contributed by atoms with van der Waals surface area (Å²) < 4.78 is 0. The lowest BCUT2D eigenvalue weighted by atomic mass is 9.95. The Balaban J connectivity index is 1.37. The lowest BCUT2D eigenvalue weighted by molar-refractivity contribution is -0.136. The Bertz CT molecular complexity index is 696. The second-order valence-electron chi connectivity index (χ2n) is 7.42. The summed E-state index contributed by atoms with van der Waals surface area (Å²) in [6, 6.07) is 7.36. The summed E-state index contributed by atoms with van der Waals surface area (Å²) in [7, 11) is 0. The fourth-order valence-corrected chi connectivity index (χ4v) is 4.93. The van der Waals surface area contributed by atoms with E-state index in [-0.39, 0.29) is 5.91 Å². The summed E-state index contributed by atoms with van der Waals surface area (Å²) in [5.74, 6) is 1.50. The van der Waals surface area contributed by atoms with Gasteiger partial charge >= 0.3 is 11.8 Å². The van der Waals surface area contributed by atoms with Crippen molar-refractivity contribution in [2.24, 2.45) is 5.92 Å². The van der Waals surface area contributed by atoms with Crippen LogP contribution in [0.3, 0.4) is 0 Å². The average molecular weight is 405 g/mol. The van der Waals surface area contributed by atoms with Gasteiger partial charge < -0.3 is 16.0 Å². The van der Waals surface area contributed by atoms with E-state index in [1.54, 1.807) is 24.3 Å². The van der Waals surface area contributed by atoms with Crippen molar-refractivity contribution in [3.8, 4) is 0 Å². The number of hydrogen-bond acceptors (Lipinski definition) is 5. The number of nitrogens with one attached hydrogen (secondary N) is 3. The summed E-state index contributed by atoms with van der Waals surface area (Å²) >= 11 is 2.04. The molecule has 2 saturated heterocycles. The zero-order valence-corrected chi connectivity index (χ0v) is 17.0. The molecule has 0 aromatic heterocycles. The molecule has 1 aromatic rings. The third kappa shape index (κ3) is 5.97. The van der Waals surface area contributed by atoms with E-state index in [4.69, 9.17) is 0 Å². The Morgan fingerprint density at radius 2 is 1.64 bits per heavy atom. The van der Waals surface area contributed by atoms with Gasteiger partial charge in [0, 0.05) is 36.6 Å². The van der Waals surface area contributed by atoms with Gasteiger partial charge in [0.15, 0.2) is 0 Å². The van der Waals surface area contributed by atoms with E-state index in [1.807, 2.05) is 11.8 Å². The minimum absolute atomic E-state index is 0.163. The Morgan fingerprint density at radius 3 is 2.21 bits per heavy atom. The molecule has 2 aliphatic rings. The molecule has 0 bridgehead atoms. The molecule has 2 aliphatic heterocycles. The van der Waals surface area contributed by atoms with Crippen molar-refractivity contribution in [2.75, 3.05) is 41.8 Å². The van der Waals surface area contributed by atoms with Gasteiger partial charge in [0.2, 0.25) is 5.91 Å². The predicted molar refractivity (Wildman–Crippen MR) is 112 cm³/mol. The van der Waals surface area contributed by atoms with Gasteiger partial charge in [0.1, 0.15) is 0 Å². The number of amides is 3. The summed E-state index contributed by atoms with van der Waals surface area (Å²) in [4.78, 5) is 37.7. The van der Waals surface area contributed by atoms with Crippen LogP contribution in [0, 0.1) is 5.92 Å². The minimum Gasteiger partial charge on any atom is -0.348 e. The Kier molecular flexibility index (Phi) is 7.33. The molecule has 0 spiro atoms. The summed E-state index contributed by atoms with van der Waals surface area (Å²) in [6.07, 6.45) is 3.42. The number of piperidine rings is 1. The van der Waals surface area contributed by atoms with Gasteiger partial charge in [-0.2, -0.15) is 11.8 Å². The minimum atomic E-state index is -0.673. The van der Waals surface area contributed by atoms with Crippen LogP contribution in [0.1, 0.15) is 26.2 Å². The van der Waals surface area contributed by atoms with Crippen molar-refractivity contribution < 1.29 is 14.4 Å². The molecule has 0 aliphatic carbocycles. The van der Waals surface area contributed by atoms with Crippen molar-refractivity contribution in [2.45, 2.75) is 32.2 Å². The fraction of sp³-hybridized carbons (Fsp3) is 0.550. The number of thioether (sulfide) groups is 1. The van der Waals surface area contributed by atoms with Gasteiger partial charge in [-0.05, 0) is 68.3 Å². The van der Waals surface area contributed by atoms with Crippen molar-refractivity contribution in [3.05, 3.63) is 24.3 Å². The van der Waals surface area contributed by atoms with Gasteiger partial charge in [0.25, 0.3) is 0 Å². The number of hydrogen-bond donors (Lipinski definition) is 3. The Hall–Kier alpha value is -2.06. The molecular weight excluding hydrogens is 376 g/mol. The van der Waals surface area contributed by atoms with E-state index in [0.717, 1.165) is 32.0 Å². The third-order valence-corrected chi connectivity index (χ3v) is 6.44. The van der Waals surface area contributed by atoms with E-state index in [2.05, 4.69) is 20.9 Å². The molecule has 2 heterocycles.